The topological polar surface area (TPSA) is 53.1 Å². The number of nitrogens with one attached hydrogen (secondary N) is 2. The van der Waals surface area contributed by atoms with E-state index in [9.17, 15) is 0 Å². The van der Waals surface area contributed by atoms with Crippen LogP contribution in [0.4, 0.5) is 11.6 Å². The van der Waals surface area contributed by atoms with E-state index in [4.69, 9.17) is 0 Å². The van der Waals surface area contributed by atoms with E-state index in [1.807, 2.05) is 6.07 Å². The third-order valence-electron chi connectivity index (χ3n) is 3.27. The number of hydrogen-bond donors (Lipinski definition) is 2. The van der Waals surface area contributed by atoms with Crippen molar-refractivity contribution in [2.24, 2.45) is 0 Å². The Bertz CT molecular complexity index is 390. The Balaban J connectivity index is 2.72. The van der Waals surface area contributed by atoms with E-state index in [1.54, 1.807) is 0 Å². The lowest BCUT2D eigenvalue weighted by molar-refractivity contribution is 0.294. The summed E-state index contributed by atoms with van der Waals surface area (Å²) >= 11 is 0. The van der Waals surface area contributed by atoms with Crippen LogP contribution in [0.2, 0.25) is 0 Å². The molecular formula is C15H29N5. The second-order valence-corrected chi connectivity index (χ2v) is 4.97. The number of likely N-dealkylation sites (N-methyl/N-ethyl adjacent to an activating group) is 1. The Morgan fingerprint density at radius 3 is 2.30 bits per heavy atom. The lowest BCUT2D eigenvalue weighted by Crippen LogP contribution is -2.35. The van der Waals surface area contributed by atoms with Gasteiger partial charge < -0.3 is 15.5 Å². The van der Waals surface area contributed by atoms with Crippen molar-refractivity contribution < 1.29 is 0 Å². The first-order chi connectivity index (χ1) is 9.62. The molecule has 0 saturated heterocycles. The van der Waals surface area contributed by atoms with Crippen molar-refractivity contribution >= 4 is 11.6 Å². The van der Waals surface area contributed by atoms with E-state index in [0.717, 1.165) is 50.1 Å². The molecule has 0 amide bonds. The van der Waals surface area contributed by atoms with Gasteiger partial charge in [0.2, 0.25) is 0 Å². The molecule has 20 heavy (non-hydrogen) atoms. The van der Waals surface area contributed by atoms with Crippen LogP contribution in [0, 0.1) is 0 Å². The molecule has 0 spiro atoms. The summed E-state index contributed by atoms with van der Waals surface area (Å²) in [6.07, 6.45) is 0.846. The monoisotopic (exact) mass is 279 g/mol. The maximum atomic E-state index is 4.55. The molecule has 0 bridgehead atoms. The molecule has 0 aliphatic heterocycles. The predicted molar refractivity (Wildman–Crippen MR) is 86.4 cm³/mol. The summed E-state index contributed by atoms with van der Waals surface area (Å²) in [6, 6.07) is 2.35. The lowest BCUT2D eigenvalue weighted by Gasteiger charge is -2.24. The van der Waals surface area contributed by atoms with E-state index in [2.05, 4.69) is 60.1 Å². The number of aromatic nitrogens is 2. The molecule has 114 valence electrons. The molecule has 5 nitrogen and oxygen atoms in total. The fraction of sp³-hybridized carbons (Fsp3) is 0.733. The minimum Gasteiger partial charge on any atom is -0.370 e. The molecule has 5 heteroatoms. The Morgan fingerprint density at radius 2 is 1.75 bits per heavy atom. The van der Waals surface area contributed by atoms with Gasteiger partial charge in [-0.15, -0.1) is 0 Å². The summed E-state index contributed by atoms with van der Waals surface area (Å²) < 4.78 is 0. The molecule has 1 heterocycles. The maximum absolute atomic E-state index is 4.55. The second-order valence-electron chi connectivity index (χ2n) is 4.97. The first kappa shape index (κ1) is 16.7. The Hall–Kier alpha value is -1.36. The highest BCUT2D eigenvalue weighted by molar-refractivity contribution is 5.48. The van der Waals surface area contributed by atoms with Crippen LogP contribution < -0.4 is 10.6 Å². The van der Waals surface area contributed by atoms with E-state index >= 15 is 0 Å². The summed E-state index contributed by atoms with van der Waals surface area (Å²) in [5.74, 6) is 2.69. The molecule has 0 saturated carbocycles. The molecule has 0 aliphatic rings. The van der Waals surface area contributed by atoms with Gasteiger partial charge >= 0.3 is 0 Å². The van der Waals surface area contributed by atoms with Gasteiger partial charge in [0.15, 0.2) is 0 Å². The van der Waals surface area contributed by atoms with Crippen LogP contribution in [0.3, 0.4) is 0 Å². The van der Waals surface area contributed by atoms with Crippen molar-refractivity contribution in [3.05, 3.63) is 11.9 Å². The minimum atomic E-state index is 0.365. The Morgan fingerprint density at radius 1 is 1.10 bits per heavy atom. The SMILES string of the molecule is CCNc1cc(NC(C)CN(CC)CC)nc(CC)n1. The van der Waals surface area contributed by atoms with Crippen LogP contribution in [-0.2, 0) is 6.42 Å². The van der Waals surface area contributed by atoms with Crippen molar-refractivity contribution in [3.8, 4) is 0 Å². The van der Waals surface area contributed by atoms with Crippen LogP contribution in [0.15, 0.2) is 6.07 Å². The van der Waals surface area contributed by atoms with E-state index in [0.29, 0.717) is 6.04 Å². The smallest absolute Gasteiger partial charge is 0.132 e. The van der Waals surface area contributed by atoms with Crippen molar-refractivity contribution in [2.45, 2.75) is 47.1 Å². The molecule has 1 unspecified atom stereocenters. The van der Waals surface area contributed by atoms with Crippen LogP contribution in [0.5, 0.6) is 0 Å². The zero-order valence-electron chi connectivity index (χ0n) is 13.5. The molecule has 0 aliphatic carbocycles. The minimum absolute atomic E-state index is 0.365. The molecule has 1 atom stereocenters. The van der Waals surface area contributed by atoms with E-state index in [1.165, 1.54) is 0 Å². The Kier molecular flexibility index (Phi) is 7.30. The van der Waals surface area contributed by atoms with Gasteiger partial charge in [0, 0.05) is 31.6 Å². The highest BCUT2D eigenvalue weighted by Crippen LogP contribution is 2.13. The van der Waals surface area contributed by atoms with Gasteiger partial charge in [-0.25, -0.2) is 9.97 Å². The number of rotatable bonds is 9. The van der Waals surface area contributed by atoms with Gasteiger partial charge in [-0.2, -0.15) is 0 Å². The van der Waals surface area contributed by atoms with E-state index < -0.39 is 0 Å². The number of nitrogens with zero attached hydrogens (tertiary/aromatic N) is 3. The van der Waals surface area contributed by atoms with Gasteiger partial charge in [0.25, 0.3) is 0 Å². The predicted octanol–water partition coefficient (Wildman–Crippen LogP) is 2.61. The highest BCUT2D eigenvalue weighted by Gasteiger charge is 2.09. The van der Waals surface area contributed by atoms with Gasteiger partial charge in [-0.3, -0.25) is 0 Å². The molecular weight excluding hydrogens is 250 g/mol. The third kappa shape index (κ3) is 5.33. The van der Waals surface area contributed by atoms with Crippen molar-refractivity contribution in [3.63, 3.8) is 0 Å². The summed E-state index contributed by atoms with van der Waals surface area (Å²) in [5.41, 5.74) is 0. The summed E-state index contributed by atoms with van der Waals surface area (Å²) in [5, 5.41) is 6.74. The second kappa shape index (κ2) is 8.74. The first-order valence-electron chi connectivity index (χ1n) is 7.73. The quantitative estimate of drug-likeness (QED) is 0.728. The molecule has 0 radical (unpaired) electrons. The fourth-order valence-corrected chi connectivity index (χ4v) is 2.17. The van der Waals surface area contributed by atoms with E-state index in [-0.39, 0.29) is 0 Å². The molecule has 1 rings (SSSR count). The van der Waals surface area contributed by atoms with Gasteiger partial charge in [-0.1, -0.05) is 20.8 Å². The number of aryl methyl sites for hydroxylation is 1. The number of hydrogen-bond acceptors (Lipinski definition) is 5. The summed E-state index contributed by atoms with van der Waals surface area (Å²) in [4.78, 5) is 11.4. The van der Waals surface area contributed by atoms with Gasteiger partial charge in [0.05, 0.1) is 0 Å². The Labute approximate surface area is 123 Å². The maximum Gasteiger partial charge on any atom is 0.132 e. The molecule has 0 fully saturated rings. The normalized spacial score (nSPS) is 12.5. The first-order valence-corrected chi connectivity index (χ1v) is 7.73. The zero-order chi connectivity index (χ0) is 15.0. The largest absolute Gasteiger partial charge is 0.370 e. The standard InChI is InChI=1S/C15H29N5/c1-6-13-18-14(16-7-2)10-15(19-13)17-12(5)11-20(8-3)9-4/h10,12H,6-9,11H2,1-5H3,(H2,16,17,18,19). The summed E-state index contributed by atoms with van der Waals surface area (Å²) in [6.45, 7) is 14.8. The molecule has 1 aromatic rings. The highest BCUT2D eigenvalue weighted by atomic mass is 15.2. The van der Waals surface area contributed by atoms with Gasteiger partial charge in [-0.05, 0) is 26.9 Å². The fourth-order valence-electron chi connectivity index (χ4n) is 2.17. The van der Waals surface area contributed by atoms with Crippen LogP contribution in [0.1, 0.15) is 40.4 Å². The van der Waals surface area contributed by atoms with Gasteiger partial charge in [0.1, 0.15) is 17.5 Å². The average molecular weight is 279 g/mol. The van der Waals surface area contributed by atoms with Crippen molar-refractivity contribution in [1.29, 1.82) is 0 Å². The van der Waals surface area contributed by atoms with Crippen molar-refractivity contribution in [1.82, 2.24) is 14.9 Å². The molecule has 2 N–H and O–H groups in total. The van der Waals surface area contributed by atoms with Crippen LogP contribution in [0.25, 0.3) is 0 Å². The third-order valence-corrected chi connectivity index (χ3v) is 3.27. The number of anilines is 2. The molecule has 1 aromatic heterocycles. The van der Waals surface area contributed by atoms with Crippen LogP contribution in [-0.4, -0.2) is 47.1 Å². The molecule has 0 aromatic carbocycles. The average Bonchev–Trinajstić information content (AvgIpc) is 2.44. The zero-order valence-corrected chi connectivity index (χ0v) is 13.5. The van der Waals surface area contributed by atoms with Crippen molar-refractivity contribution in [2.75, 3.05) is 36.8 Å². The lowest BCUT2D eigenvalue weighted by atomic mass is 10.3. The summed E-state index contributed by atoms with van der Waals surface area (Å²) in [7, 11) is 0. The van der Waals surface area contributed by atoms with Crippen LogP contribution >= 0.6 is 0 Å².